The molecule has 4 nitrogen and oxygen atoms in total. The third-order valence-corrected chi connectivity index (χ3v) is 5.93. The molecular formula is C17H19F3N2O2S. The van der Waals surface area contributed by atoms with Crippen molar-refractivity contribution >= 4 is 23.6 Å². The molecule has 2 heterocycles. The molecule has 2 fully saturated rings. The molecule has 0 spiro atoms. The number of likely N-dealkylation sites (tertiary alicyclic amines) is 1. The molecule has 2 saturated heterocycles. The Morgan fingerprint density at radius 3 is 2.36 bits per heavy atom. The van der Waals surface area contributed by atoms with Crippen molar-refractivity contribution in [1.29, 1.82) is 0 Å². The Bertz CT molecular complexity index is 657. The normalized spacial score (nSPS) is 24.2. The van der Waals surface area contributed by atoms with Crippen LogP contribution in [0, 0.1) is 0 Å². The van der Waals surface area contributed by atoms with Gasteiger partial charge in [-0.25, -0.2) is 0 Å². The smallest absolute Gasteiger partial charge is 0.341 e. The maximum atomic E-state index is 12.7. The van der Waals surface area contributed by atoms with Crippen molar-refractivity contribution in [2.24, 2.45) is 0 Å². The van der Waals surface area contributed by atoms with Crippen LogP contribution in [-0.2, 0) is 15.8 Å². The number of thioether (sulfide) groups is 1. The Morgan fingerprint density at radius 2 is 1.80 bits per heavy atom. The molecule has 2 amide bonds. The van der Waals surface area contributed by atoms with Gasteiger partial charge in [0.05, 0.1) is 10.8 Å². The standard InChI is InChI=1S/C17H19F3N2O2S/c1-11-15(24)22(10-14(23)21-8-2-3-9-21)16(25-11)12-4-6-13(7-5-12)17(18,19)20/h4-7,11,16H,2-3,8-10H2,1H3/t11-,16-/m0/s1. The maximum Gasteiger partial charge on any atom is 0.416 e. The van der Waals surface area contributed by atoms with Crippen molar-refractivity contribution in [3.63, 3.8) is 0 Å². The summed E-state index contributed by atoms with van der Waals surface area (Å²) >= 11 is 1.36. The molecule has 136 valence electrons. The van der Waals surface area contributed by atoms with Gasteiger partial charge in [-0.05, 0) is 37.5 Å². The topological polar surface area (TPSA) is 40.6 Å². The summed E-state index contributed by atoms with van der Waals surface area (Å²) in [6, 6.07) is 4.81. The number of hydrogen-bond acceptors (Lipinski definition) is 3. The predicted molar refractivity (Wildman–Crippen MR) is 88.8 cm³/mol. The fourth-order valence-electron chi connectivity index (χ4n) is 3.14. The SMILES string of the molecule is C[C@@H]1S[C@@H](c2ccc(C(F)(F)F)cc2)N(CC(=O)N2CCCC2)C1=O. The highest BCUT2D eigenvalue weighted by molar-refractivity contribution is 8.01. The van der Waals surface area contributed by atoms with Crippen molar-refractivity contribution in [3.8, 4) is 0 Å². The van der Waals surface area contributed by atoms with E-state index in [9.17, 15) is 22.8 Å². The van der Waals surface area contributed by atoms with E-state index in [-0.39, 0.29) is 23.6 Å². The van der Waals surface area contributed by atoms with Crippen molar-refractivity contribution in [2.75, 3.05) is 19.6 Å². The summed E-state index contributed by atoms with van der Waals surface area (Å²) in [5.74, 6) is -0.250. The molecule has 2 aliphatic rings. The minimum absolute atomic E-state index is 0.0259. The molecule has 0 bridgehead atoms. The molecule has 0 radical (unpaired) electrons. The van der Waals surface area contributed by atoms with Gasteiger partial charge in [0, 0.05) is 13.1 Å². The predicted octanol–water partition coefficient (Wildman–Crippen LogP) is 3.29. The quantitative estimate of drug-likeness (QED) is 0.818. The van der Waals surface area contributed by atoms with E-state index in [2.05, 4.69) is 0 Å². The van der Waals surface area contributed by atoms with E-state index in [0.29, 0.717) is 18.7 Å². The monoisotopic (exact) mass is 372 g/mol. The zero-order valence-corrected chi connectivity index (χ0v) is 14.6. The molecular weight excluding hydrogens is 353 g/mol. The summed E-state index contributed by atoms with van der Waals surface area (Å²) < 4.78 is 38.2. The van der Waals surface area contributed by atoms with Gasteiger partial charge in [0.15, 0.2) is 0 Å². The lowest BCUT2D eigenvalue weighted by Gasteiger charge is -2.26. The van der Waals surface area contributed by atoms with Crippen molar-refractivity contribution in [1.82, 2.24) is 9.80 Å². The van der Waals surface area contributed by atoms with E-state index < -0.39 is 17.1 Å². The van der Waals surface area contributed by atoms with Crippen molar-refractivity contribution < 1.29 is 22.8 Å². The fourth-order valence-corrected chi connectivity index (χ4v) is 4.42. The highest BCUT2D eigenvalue weighted by atomic mass is 32.2. The molecule has 2 atom stereocenters. The molecule has 8 heteroatoms. The van der Waals surface area contributed by atoms with Crippen LogP contribution in [0.4, 0.5) is 13.2 Å². The number of alkyl halides is 3. The van der Waals surface area contributed by atoms with Crippen LogP contribution < -0.4 is 0 Å². The van der Waals surface area contributed by atoms with Gasteiger partial charge in [0.1, 0.15) is 11.9 Å². The first-order valence-corrected chi connectivity index (χ1v) is 9.12. The summed E-state index contributed by atoms with van der Waals surface area (Å²) in [5, 5.41) is -0.755. The number of nitrogens with zero attached hydrogens (tertiary/aromatic N) is 2. The van der Waals surface area contributed by atoms with Crippen LogP contribution in [0.3, 0.4) is 0 Å². The second kappa shape index (κ2) is 6.90. The Labute approximate surface area is 148 Å². The van der Waals surface area contributed by atoms with Crippen molar-refractivity contribution in [3.05, 3.63) is 35.4 Å². The highest BCUT2D eigenvalue weighted by Crippen LogP contribution is 2.43. The molecule has 0 saturated carbocycles. The van der Waals surface area contributed by atoms with E-state index in [4.69, 9.17) is 0 Å². The van der Waals surface area contributed by atoms with Gasteiger partial charge in [0.25, 0.3) is 0 Å². The number of hydrogen-bond donors (Lipinski definition) is 0. The van der Waals surface area contributed by atoms with Gasteiger partial charge < -0.3 is 9.80 Å². The Kier molecular flexibility index (Phi) is 4.99. The van der Waals surface area contributed by atoms with Crippen LogP contribution in [0.15, 0.2) is 24.3 Å². The van der Waals surface area contributed by atoms with E-state index in [1.165, 1.54) is 28.8 Å². The van der Waals surface area contributed by atoms with E-state index >= 15 is 0 Å². The molecule has 0 N–H and O–H groups in total. The molecule has 1 aromatic carbocycles. The molecule has 25 heavy (non-hydrogen) atoms. The van der Waals surface area contributed by atoms with Gasteiger partial charge in [-0.15, -0.1) is 11.8 Å². The molecule has 1 aromatic rings. The van der Waals surface area contributed by atoms with Crippen LogP contribution in [-0.4, -0.2) is 46.5 Å². The van der Waals surface area contributed by atoms with E-state index in [1.54, 1.807) is 11.8 Å². The number of amides is 2. The largest absolute Gasteiger partial charge is 0.416 e. The second-order valence-electron chi connectivity index (χ2n) is 6.30. The molecule has 0 aromatic heterocycles. The molecule has 0 aliphatic carbocycles. The third kappa shape index (κ3) is 3.78. The van der Waals surface area contributed by atoms with Gasteiger partial charge in [-0.3, -0.25) is 9.59 Å². The van der Waals surface area contributed by atoms with Crippen LogP contribution in [0.25, 0.3) is 0 Å². The Morgan fingerprint density at radius 1 is 1.20 bits per heavy atom. The Hall–Kier alpha value is -1.70. The lowest BCUT2D eigenvalue weighted by atomic mass is 10.1. The van der Waals surface area contributed by atoms with Gasteiger partial charge in [0.2, 0.25) is 11.8 Å². The lowest BCUT2D eigenvalue weighted by molar-refractivity contribution is -0.139. The van der Waals surface area contributed by atoms with Crippen molar-refractivity contribution in [2.45, 2.75) is 36.6 Å². The van der Waals surface area contributed by atoms with Crippen LogP contribution in [0.5, 0.6) is 0 Å². The first kappa shape index (κ1) is 18.1. The van der Waals surface area contributed by atoms with E-state index in [1.807, 2.05) is 0 Å². The van der Waals surface area contributed by atoms with Crippen LogP contribution in [0.1, 0.15) is 36.3 Å². The fraction of sp³-hybridized carbons (Fsp3) is 0.529. The van der Waals surface area contributed by atoms with Gasteiger partial charge >= 0.3 is 6.18 Å². The summed E-state index contributed by atoms with van der Waals surface area (Å²) in [5.41, 5.74) is -0.122. The number of benzene rings is 1. The summed E-state index contributed by atoms with van der Waals surface area (Å²) in [4.78, 5) is 28.0. The molecule has 2 aliphatic heterocycles. The van der Waals surface area contributed by atoms with E-state index in [0.717, 1.165) is 25.0 Å². The number of carbonyl (C=O) groups is 2. The number of rotatable bonds is 3. The minimum atomic E-state index is -4.39. The zero-order valence-electron chi connectivity index (χ0n) is 13.8. The third-order valence-electron chi connectivity index (χ3n) is 4.53. The van der Waals surface area contributed by atoms with Gasteiger partial charge in [-0.1, -0.05) is 12.1 Å². The Balaban J connectivity index is 1.78. The average Bonchev–Trinajstić information content (AvgIpc) is 3.18. The summed E-state index contributed by atoms with van der Waals surface area (Å²) in [6.07, 6.45) is -2.46. The van der Waals surface area contributed by atoms with Gasteiger partial charge in [-0.2, -0.15) is 13.2 Å². The average molecular weight is 372 g/mol. The maximum absolute atomic E-state index is 12.7. The summed E-state index contributed by atoms with van der Waals surface area (Å²) in [7, 11) is 0. The minimum Gasteiger partial charge on any atom is -0.341 e. The summed E-state index contributed by atoms with van der Waals surface area (Å²) in [6.45, 7) is 3.13. The number of halogens is 3. The molecule has 3 rings (SSSR count). The first-order chi connectivity index (χ1) is 11.8. The zero-order chi connectivity index (χ0) is 18.2. The first-order valence-electron chi connectivity index (χ1n) is 8.18. The lowest BCUT2D eigenvalue weighted by Crippen LogP contribution is -2.41. The van der Waals surface area contributed by atoms with Crippen LogP contribution in [0.2, 0.25) is 0 Å². The molecule has 0 unspecified atom stereocenters. The second-order valence-corrected chi connectivity index (χ2v) is 7.73. The highest BCUT2D eigenvalue weighted by Gasteiger charge is 2.40. The number of carbonyl (C=O) groups excluding carboxylic acids is 2. The van der Waals surface area contributed by atoms with Crippen LogP contribution >= 0.6 is 11.8 Å².